The molecule has 2 heterocycles. The summed E-state index contributed by atoms with van der Waals surface area (Å²) >= 11 is 0. The zero-order chi connectivity index (χ0) is 24.0. The number of hydrogen-bond acceptors (Lipinski definition) is 5. The number of carbonyl (C=O) groups excluding carboxylic acids is 1. The third-order valence-electron chi connectivity index (χ3n) is 5.88. The lowest BCUT2D eigenvalue weighted by atomic mass is 9.91. The number of pyridine rings is 1. The molecule has 0 unspecified atom stereocenters. The van der Waals surface area contributed by atoms with Crippen molar-refractivity contribution in [2.45, 2.75) is 52.4 Å². The van der Waals surface area contributed by atoms with Gasteiger partial charge >= 0.3 is 0 Å². The lowest BCUT2D eigenvalue weighted by molar-refractivity contribution is 0.0684. The van der Waals surface area contributed by atoms with Crippen LogP contribution in [0.25, 0.3) is 0 Å². The lowest BCUT2D eigenvalue weighted by Crippen LogP contribution is -2.18. The van der Waals surface area contributed by atoms with Crippen LogP contribution < -0.4 is 5.32 Å². The smallest absolute Gasteiger partial charge is 0.255 e. The molecule has 6 heteroatoms. The fourth-order valence-corrected chi connectivity index (χ4v) is 3.78. The summed E-state index contributed by atoms with van der Waals surface area (Å²) in [6, 6.07) is 9.07. The number of ether oxygens (including phenoxy) is 1. The number of carbonyl (C=O) groups is 1. The van der Waals surface area contributed by atoms with Gasteiger partial charge in [0.2, 0.25) is 0 Å². The van der Waals surface area contributed by atoms with Crippen molar-refractivity contribution in [3.05, 3.63) is 71.1 Å². The van der Waals surface area contributed by atoms with Crippen LogP contribution in [0.2, 0.25) is 0 Å². The summed E-state index contributed by atoms with van der Waals surface area (Å²) < 4.78 is 5.38. The topological polar surface area (TPSA) is 98.9 Å². The maximum absolute atomic E-state index is 12.8. The molecule has 1 saturated heterocycles. The van der Waals surface area contributed by atoms with E-state index in [4.69, 9.17) is 15.6 Å². The maximum atomic E-state index is 12.8. The van der Waals surface area contributed by atoms with E-state index in [9.17, 15) is 4.79 Å². The van der Waals surface area contributed by atoms with Crippen LogP contribution in [0.15, 0.2) is 48.7 Å². The molecule has 0 bridgehead atoms. The van der Waals surface area contributed by atoms with Crippen LogP contribution in [0.5, 0.6) is 0 Å². The molecule has 0 aliphatic carbocycles. The van der Waals surface area contributed by atoms with Gasteiger partial charge in [0.25, 0.3) is 5.91 Å². The van der Waals surface area contributed by atoms with Crippen LogP contribution in [0.4, 0.5) is 5.69 Å². The van der Waals surface area contributed by atoms with Crippen LogP contribution in [-0.4, -0.2) is 35.5 Å². The molecular formula is C27H34N4O2. The van der Waals surface area contributed by atoms with Gasteiger partial charge in [0, 0.05) is 53.0 Å². The van der Waals surface area contributed by atoms with Crippen molar-refractivity contribution >= 4 is 23.0 Å². The van der Waals surface area contributed by atoms with Crippen molar-refractivity contribution < 1.29 is 9.53 Å². The zero-order valence-electron chi connectivity index (χ0n) is 20.0. The lowest BCUT2D eigenvalue weighted by Gasteiger charge is -2.21. The number of rotatable bonds is 7. The van der Waals surface area contributed by atoms with Gasteiger partial charge in [0.15, 0.2) is 0 Å². The van der Waals surface area contributed by atoms with Crippen molar-refractivity contribution in [3.63, 3.8) is 0 Å². The second-order valence-electron chi connectivity index (χ2n) is 9.70. The molecule has 0 radical (unpaired) electrons. The molecule has 1 aromatic carbocycles. The van der Waals surface area contributed by atoms with E-state index in [0.29, 0.717) is 35.0 Å². The van der Waals surface area contributed by atoms with Crippen LogP contribution in [0.3, 0.4) is 0 Å². The molecule has 0 atom stereocenters. The van der Waals surface area contributed by atoms with E-state index in [-0.39, 0.29) is 11.3 Å². The molecule has 0 saturated carbocycles. The molecule has 6 nitrogen and oxygen atoms in total. The minimum Gasteiger partial charge on any atom is -0.381 e. The van der Waals surface area contributed by atoms with Crippen molar-refractivity contribution in [2.75, 3.05) is 18.5 Å². The van der Waals surface area contributed by atoms with Gasteiger partial charge < -0.3 is 20.9 Å². The Morgan fingerprint density at radius 2 is 1.88 bits per heavy atom. The molecule has 1 fully saturated rings. The standard InChI is InChI=1S/C27H34N4O2/c1-18-5-7-22(31-26(32)20-9-12-30-25(16-20)27(2,3)4)17-23(18)24(29)8-6-21(28)15-19-10-13-33-14-11-19/h5-9,12,16-17,19,28-29H,10-11,13-15H2,1-4H3,(H,31,32)/b8-6-,28-21?,29-24?. The zero-order valence-corrected chi connectivity index (χ0v) is 20.0. The molecular weight excluding hydrogens is 412 g/mol. The van der Waals surface area contributed by atoms with Crippen molar-refractivity contribution in [3.8, 4) is 0 Å². The third kappa shape index (κ3) is 6.93. The number of amides is 1. The first-order valence-corrected chi connectivity index (χ1v) is 11.4. The molecule has 1 aliphatic rings. The highest BCUT2D eigenvalue weighted by molar-refractivity contribution is 6.12. The summed E-state index contributed by atoms with van der Waals surface area (Å²) in [4.78, 5) is 17.2. The van der Waals surface area contributed by atoms with Crippen LogP contribution >= 0.6 is 0 Å². The Morgan fingerprint density at radius 1 is 1.15 bits per heavy atom. The Bertz CT molecular complexity index is 1060. The van der Waals surface area contributed by atoms with E-state index in [1.54, 1.807) is 24.4 Å². The molecule has 174 valence electrons. The SMILES string of the molecule is Cc1ccc(NC(=O)c2ccnc(C(C)(C)C)c2)cc1C(=N)/C=C\C(=N)CC1CCOCC1. The van der Waals surface area contributed by atoms with Crippen LogP contribution in [-0.2, 0) is 10.2 Å². The Labute approximate surface area is 196 Å². The molecule has 1 amide bonds. The molecule has 3 N–H and O–H groups in total. The molecule has 33 heavy (non-hydrogen) atoms. The highest BCUT2D eigenvalue weighted by Crippen LogP contribution is 2.22. The number of benzene rings is 1. The summed E-state index contributed by atoms with van der Waals surface area (Å²) in [6.45, 7) is 9.66. The predicted molar refractivity (Wildman–Crippen MR) is 134 cm³/mol. The minimum absolute atomic E-state index is 0.146. The van der Waals surface area contributed by atoms with Crippen LogP contribution in [0, 0.1) is 23.7 Å². The average molecular weight is 447 g/mol. The van der Waals surface area contributed by atoms with E-state index in [2.05, 4.69) is 31.1 Å². The first kappa shape index (κ1) is 24.5. The normalized spacial score (nSPS) is 14.9. The van der Waals surface area contributed by atoms with E-state index in [1.165, 1.54) is 0 Å². The minimum atomic E-state index is -0.210. The molecule has 3 rings (SSSR count). The quantitative estimate of drug-likeness (QED) is 0.476. The number of hydrogen-bond donors (Lipinski definition) is 3. The Kier molecular flexibility index (Phi) is 7.92. The highest BCUT2D eigenvalue weighted by Gasteiger charge is 2.18. The third-order valence-corrected chi connectivity index (χ3v) is 5.88. The monoisotopic (exact) mass is 446 g/mol. The van der Waals surface area contributed by atoms with Gasteiger partial charge in [-0.3, -0.25) is 9.78 Å². The maximum Gasteiger partial charge on any atom is 0.255 e. The second kappa shape index (κ2) is 10.7. The summed E-state index contributed by atoms with van der Waals surface area (Å²) in [5, 5.41) is 19.7. The molecule has 1 aliphatic heterocycles. The van der Waals surface area contributed by atoms with Gasteiger partial charge in [-0.15, -0.1) is 0 Å². The second-order valence-corrected chi connectivity index (χ2v) is 9.70. The highest BCUT2D eigenvalue weighted by atomic mass is 16.5. The molecule has 1 aromatic heterocycles. The van der Waals surface area contributed by atoms with E-state index in [1.807, 2.05) is 31.2 Å². The van der Waals surface area contributed by atoms with Crippen LogP contribution in [0.1, 0.15) is 67.2 Å². The molecule has 0 spiro atoms. The summed E-state index contributed by atoms with van der Waals surface area (Å²) in [6.07, 6.45) is 7.74. The fourth-order valence-electron chi connectivity index (χ4n) is 3.78. The Morgan fingerprint density at radius 3 is 2.58 bits per heavy atom. The number of aromatic nitrogens is 1. The number of anilines is 1. The van der Waals surface area contributed by atoms with Gasteiger partial charge in [-0.1, -0.05) is 26.8 Å². The van der Waals surface area contributed by atoms with Gasteiger partial charge in [-0.2, -0.15) is 0 Å². The average Bonchev–Trinajstić information content (AvgIpc) is 2.79. The van der Waals surface area contributed by atoms with E-state index in [0.717, 1.165) is 42.9 Å². The first-order chi connectivity index (χ1) is 15.6. The van der Waals surface area contributed by atoms with E-state index < -0.39 is 0 Å². The first-order valence-electron chi connectivity index (χ1n) is 11.4. The van der Waals surface area contributed by atoms with Crippen molar-refractivity contribution in [1.82, 2.24) is 4.98 Å². The predicted octanol–water partition coefficient (Wildman–Crippen LogP) is 5.70. The summed E-state index contributed by atoms with van der Waals surface area (Å²) in [7, 11) is 0. The number of aryl methyl sites for hydroxylation is 1. The van der Waals surface area contributed by atoms with Gasteiger partial charge in [0.1, 0.15) is 0 Å². The number of nitrogens with one attached hydrogen (secondary N) is 3. The largest absolute Gasteiger partial charge is 0.381 e. The van der Waals surface area contributed by atoms with E-state index >= 15 is 0 Å². The number of nitrogens with zero attached hydrogens (tertiary/aromatic N) is 1. The number of allylic oxidation sites excluding steroid dienone is 2. The molecule has 2 aromatic rings. The van der Waals surface area contributed by atoms with Gasteiger partial charge in [-0.05, 0) is 74.1 Å². The fraction of sp³-hybridized carbons (Fsp3) is 0.407. The summed E-state index contributed by atoms with van der Waals surface area (Å²) in [5.41, 5.74) is 4.41. The Balaban J connectivity index is 1.68. The van der Waals surface area contributed by atoms with Crippen molar-refractivity contribution in [2.24, 2.45) is 5.92 Å². The summed E-state index contributed by atoms with van der Waals surface area (Å²) in [5.74, 6) is 0.273. The van der Waals surface area contributed by atoms with Crippen molar-refractivity contribution in [1.29, 1.82) is 10.8 Å². The van der Waals surface area contributed by atoms with Gasteiger partial charge in [0.05, 0.1) is 5.71 Å². The Hall–Kier alpha value is -3.12. The van der Waals surface area contributed by atoms with Gasteiger partial charge in [-0.25, -0.2) is 0 Å².